The van der Waals surface area contributed by atoms with Gasteiger partial charge in [-0.05, 0) is 48.1 Å². The summed E-state index contributed by atoms with van der Waals surface area (Å²) in [5.41, 5.74) is -0.567. The first-order valence-corrected chi connectivity index (χ1v) is 9.51. The molecule has 0 spiro atoms. The fourth-order valence-corrected chi connectivity index (χ4v) is 3.61. The molecule has 3 aromatic rings. The number of nitro benzene ring substituents is 1. The van der Waals surface area contributed by atoms with Crippen LogP contribution in [0.2, 0.25) is 0 Å². The molecule has 10 heteroatoms. The lowest BCUT2D eigenvalue weighted by Crippen LogP contribution is -2.50. The van der Waals surface area contributed by atoms with Crippen LogP contribution in [0.3, 0.4) is 0 Å². The molecule has 0 unspecified atom stereocenters. The lowest BCUT2D eigenvalue weighted by atomic mass is 9.88. The molecule has 1 aliphatic carbocycles. The predicted octanol–water partition coefficient (Wildman–Crippen LogP) is 5.00. The van der Waals surface area contributed by atoms with Gasteiger partial charge in [0.15, 0.2) is 0 Å². The van der Waals surface area contributed by atoms with E-state index in [9.17, 15) is 27.7 Å². The quantitative estimate of drug-likeness (QED) is 0.335. The number of rotatable bonds is 6. The first kappa shape index (κ1) is 21.0. The minimum Gasteiger partial charge on any atom is -0.489 e. The van der Waals surface area contributed by atoms with Crippen molar-refractivity contribution in [2.24, 2.45) is 0 Å². The van der Waals surface area contributed by atoms with Crippen LogP contribution in [-0.4, -0.2) is 22.1 Å². The van der Waals surface area contributed by atoms with Crippen LogP contribution in [0.15, 0.2) is 48.8 Å². The van der Waals surface area contributed by atoms with Crippen LogP contribution in [-0.2, 0) is 12.7 Å². The maximum Gasteiger partial charge on any atom is 0.419 e. The average Bonchev–Trinajstić information content (AvgIpc) is 2.71. The summed E-state index contributed by atoms with van der Waals surface area (Å²) < 4.78 is 57.8. The van der Waals surface area contributed by atoms with Crippen molar-refractivity contribution in [1.82, 2.24) is 10.3 Å². The van der Waals surface area contributed by atoms with Gasteiger partial charge in [0.05, 0.1) is 15.9 Å². The second kappa shape index (κ2) is 8.10. The van der Waals surface area contributed by atoms with Gasteiger partial charge < -0.3 is 10.1 Å². The minimum atomic E-state index is -4.80. The molecule has 1 heterocycles. The third-order valence-corrected chi connectivity index (χ3v) is 5.38. The van der Waals surface area contributed by atoms with Crippen molar-refractivity contribution in [3.63, 3.8) is 0 Å². The molecular weight excluding hydrogens is 418 g/mol. The summed E-state index contributed by atoms with van der Waals surface area (Å²) in [5, 5.41) is 15.6. The Morgan fingerprint density at radius 3 is 2.65 bits per heavy atom. The van der Waals surface area contributed by atoms with Gasteiger partial charge in [-0.2, -0.15) is 13.2 Å². The summed E-state index contributed by atoms with van der Waals surface area (Å²) in [5.74, 6) is -1.39. The Morgan fingerprint density at radius 1 is 1.16 bits per heavy atom. The molecule has 1 saturated carbocycles. The van der Waals surface area contributed by atoms with Crippen LogP contribution in [0.1, 0.15) is 24.0 Å². The molecular formula is C21H17F4N3O3. The van der Waals surface area contributed by atoms with E-state index in [-0.39, 0.29) is 23.6 Å². The van der Waals surface area contributed by atoms with E-state index in [1.807, 2.05) is 0 Å². The maximum absolute atomic E-state index is 13.5. The van der Waals surface area contributed by atoms with Crippen molar-refractivity contribution >= 4 is 16.5 Å². The molecule has 31 heavy (non-hydrogen) atoms. The van der Waals surface area contributed by atoms with E-state index in [2.05, 4.69) is 10.3 Å². The Labute approximate surface area is 174 Å². The van der Waals surface area contributed by atoms with E-state index in [1.54, 1.807) is 18.3 Å². The van der Waals surface area contributed by atoms with E-state index in [0.717, 1.165) is 18.1 Å². The Hall–Kier alpha value is -3.27. The topological polar surface area (TPSA) is 77.3 Å². The molecule has 0 amide bonds. The number of halogens is 4. The van der Waals surface area contributed by atoms with Gasteiger partial charge in [-0.3, -0.25) is 15.1 Å². The highest BCUT2D eigenvalue weighted by atomic mass is 19.4. The normalized spacial score (nSPS) is 18.6. The van der Waals surface area contributed by atoms with Crippen LogP contribution in [0.4, 0.5) is 23.2 Å². The number of aromatic nitrogens is 1. The van der Waals surface area contributed by atoms with Crippen LogP contribution < -0.4 is 10.1 Å². The standard InChI is InChI=1S/C21H17F4N3O3/c22-17-3-2-13(9-16(17)21(23,24)25)31-20-6-4-18(20)27-10-12-1-5-19(28(29)30)15-11-26-8-7-14(12)15/h1-3,5,7-9,11,18,20,27H,4,6,10H2/t18-,20-/m1/s1. The van der Waals surface area contributed by atoms with Crippen LogP contribution >= 0.6 is 0 Å². The van der Waals surface area contributed by atoms with Crippen molar-refractivity contribution in [3.05, 3.63) is 75.9 Å². The van der Waals surface area contributed by atoms with E-state index in [4.69, 9.17) is 4.74 Å². The van der Waals surface area contributed by atoms with Crippen molar-refractivity contribution in [1.29, 1.82) is 0 Å². The fourth-order valence-electron chi connectivity index (χ4n) is 3.61. The van der Waals surface area contributed by atoms with Crippen LogP contribution in [0.5, 0.6) is 5.75 Å². The number of ether oxygens (including phenoxy) is 1. The number of hydrogen-bond donors (Lipinski definition) is 1. The highest BCUT2D eigenvalue weighted by Gasteiger charge is 2.36. The molecule has 2 atom stereocenters. The van der Waals surface area contributed by atoms with Gasteiger partial charge in [0, 0.05) is 31.0 Å². The lowest BCUT2D eigenvalue weighted by molar-refractivity contribution is -0.383. The van der Waals surface area contributed by atoms with Gasteiger partial charge in [-0.25, -0.2) is 4.39 Å². The van der Waals surface area contributed by atoms with E-state index in [0.29, 0.717) is 29.8 Å². The SMILES string of the molecule is O=[N+]([O-])c1ccc(CN[C@@H]2CC[C@H]2Oc2ccc(F)c(C(F)(F)F)c2)c2ccncc12. The molecule has 162 valence electrons. The van der Waals surface area contributed by atoms with Gasteiger partial charge in [-0.15, -0.1) is 0 Å². The number of non-ortho nitro benzene ring substituents is 1. The summed E-state index contributed by atoms with van der Waals surface area (Å²) in [6.45, 7) is 0.389. The minimum absolute atomic E-state index is 0.0338. The first-order chi connectivity index (χ1) is 14.7. The summed E-state index contributed by atoms with van der Waals surface area (Å²) >= 11 is 0. The van der Waals surface area contributed by atoms with Gasteiger partial charge >= 0.3 is 6.18 Å². The summed E-state index contributed by atoms with van der Waals surface area (Å²) in [6.07, 6.45) is -0.771. The number of pyridine rings is 1. The monoisotopic (exact) mass is 435 g/mol. The third-order valence-electron chi connectivity index (χ3n) is 5.38. The smallest absolute Gasteiger partial charge is 0.419 e. The summed E-state index contributed by atoms with van der Waals surface area (Å²) in [4.78, 5) is 14.7. The average molecular weight is 435 g/mol. The number of benzene rings is 2. The number of nitrogens with one attached hydrogen (secondary N) is 1. The molecule has 6 nitrogen and oxygen atoms in total. The molecule has 1 N–H and O–H groups in total. The molecule has 1 aromatic heterocycles. The first-order valence-electron chi connectivity index (χ1n) is 9.51. The molecule has 2 aromatic carbocycles. The largest absolute Gasteiger partial charge is 0.489 e. The zero-order valence-electron chi connectivity index (χ0n) is 16.0. The number of alkyl halides is 3. The van der Waals surface area contributed by atoms with Crippen LogP contribution in [0.25, 0.3) is 10.8 Å². The fraction of sp³-hybridized carbons (Fsp3) is 0.286. The Balaban J connectivity index is 1.45. The highest BCUT2D eigenvalue weighted by molar-refractivity contribution is 5.92. The summed E-state index contributed by atoms with van der Waals surface area (Å²) in [6, 6.07) is 7.26. The number of fused-ring (bicyclic) bond motifs is 1. The number of hydrogen-bond acceptors (Lipinski definition) is 5. The second-order valence-electron chi connectivity index (χ2n) is 7.28. The van der Waals surface area contributed by atoms with Crippen molar-refractivity contribution in [3.8, 4) is 5.75 Å². The third kappa shape index (κ3) is 4.29. The van der Waals surface area contributed by atoms with Gasteiger partial charge in [0.1, 0.15) is 17.7 Å². The lowest BCUT2D eigenvalue weighted by Gasteiger charge is -2.37. The van der Waals surface area contributed by atoms with Crippen LogP contribution in [0, 0.1) is 15.9 Å². The van der Waals surface area contributed by atoms with Gasteiger partial charge in [0.2, 0.25) is 0 Å². The Morgan fingerprint density at radius 2 is 1.97 bits per heavy atom. The van der Waals surface area contributed by atoms with E-state index < -0.39 is 22.5 Å². The van der Waals surface area contributed by atoms with E-state index >= 15 is 0 Å². The maximum atomic E-state index is 13.5. The predicted molar refractivity (Wildman–Crippen MR) is 104 cm³/mol. The molecule has 0 saturated heterocycles. The summed E-state index contributed by atoms with van der Waals surface area (Å²) in [7, 11) is 0. The Bertz CT molecular complexity index is 1140. The van der Waals surface area contributed by atoms with E-state index in [1.165, 1.54) is 18.3 Å². The molecule has 0 aliphatic heterocycles. The molecule has 0 radical (unpaired) electrons. The zero-order valence-corrected chi connectivity index (χ0v) is 16.0. The number of nitro groups is 1. The zero-order chi connectivity index (χ0) is 22.2. The van der Waals surface area contributed by atoms with Crippen molar-refractivity contribution < 1.29 is 27.2 Å². The van der Waals surface area contributed by atoms with Crippen molar-refractivity contribution in [2.45, 2.75) is 37.7 Å². The van der Waals surface area contributed by atoms with Gasteiger partial charge in [-0.1, -0.05) is 6.07 Å². The highest BCUT2D eigenvalue weighted by Crippen LogP contribution is 2.35. The molecule has 1 fully saturated rings. The van der Waals surface area contributed by atoms with Gasteiger partial charge in [0.25, 0.3) is 5.69 Å². The van der Waals surface area contributed by atoms with Crippen molar-refractivity contribution in [2.75, 3.05) is 0 Å². The second-order valence-corrected chi connectivity index (χ2v) is 7.28. The molecule has 4 rings (SSSR count). The number of nitrogens with zero attached hydrogens (tertiary/aromatic N) is 2. The molecule has 0 bridgehead atoms. The Kier molecular flexibility index (Phi) is 5.48. The molecule has 1 aliphatic rings.